The van der Waals surface area contributed by atoms with Crippen LogP contribution in [0.25, 0.3) is 0 Å². The summed E-state index contributed by atoms with van der Waals surface area (Å²) in [6.07, 6.45) is 1.51. The molecule has 0 fully saturated rings. The van der Waals surface area contributed by atoms with Gasteiger partial charge in [0.15, 0.2) is 0 Å². The van der Waals surface area contributed by atoms with E-state index in [9.17, 15) is 23.1 Å². The van der Waals surface area contributed by atoms with Gasteiger partial charge in [0.05, 0.1) is 11.3 Å². The second kappa shape index (κ2) is 11.4. The van der Waals surface area contributed by atoms with E-state index in [-0.39, 0.29) is 17.9 Å². The lowest BCUT2D eigenvalue weighted by Gasteiger charge is -2.14. The number of amides is 1. The van der Waals surface area contributed by atoms with E-state index < -0.39 is 27.9 Å². The Balaban J connectivity index is 1.92. The van der Waals surface area contributed by atoms with Gasteiger partial charge in [-0.25, -0.2) is 13.1 Å². The fourth-order valence-corrected chi connectivity index (χ4v) is 3.69. The van der Waals surface area contributed by atoms with E-state index in [0.717, 1.165) is 18.4 Å². The molecule has 1 unspecified atom stereocenters. The summed E-state index contributed by atoms with van der Waals surface area (Å²) in [5.41, 5.74) is 1.23. The van der Waals surface area contributed by atoms with Crippen LogP contribution in [0.15, 0.2) is 59.5 Å². The highest BCUT2D eigenvalue weighted by atomic mass is 32.2. The molecule has 1 amide bonds. The summed E-state index contributed by atoms with van der Waals surface area (Å²) in [4.78, 5) is 23.5. The van der Waals surface area contributed by atoms with Gasteiger partial charge in [0.1, 0.15) is 6.04 Å². The van der Waals surface area contributed by atoms with Gasteiger partial charge >= 0.3 is 5.97 Å². The van der Waals surface area contributed by atoms with Crippen molar-refractivity contribution in [1.29, 1.82) is 0 Å². The van der Waals surface area contributed by atoms with Gasteiger partial charge in [-0.15, -0.1) is 0 Å². The van der Waals surface area contributed by atoms with E-state index >= 15 is 0 Å². The number of hydrogen-bond acceptors (Lipinski definition) is 5. The number of sulfonamides is 1. The number of carboxylic acid groups (broad SMARTS) is 1. The van der Waals surface area contributed by atoms with Crippen molar-refractivity contribution in [3.8, 4) is 0 Å². The van der Waals surface area contributed by atoms with E-state index in [1.807, 2.05) is 37.3 Å². The summed E-state index contributed by atoms with van der Waals surface area (Å²) in [5, 5.41) is 14.7. The topological polar surface area (TPSA) is 125 Å². The zero-order valence-corrected chi connectivity index (χ0v) is 17.6. The first-order valence-corrected chi connectivity index (χ1v) is 11.2. The second-order valence-corrected chi connectivity index (χ2v) is 8.55. The molecule has 162 valence electrons. The maximum Gasteiger partial charge on any atom is 0.321 e. The average molecular weight is 434 g/mol. The molecule has 2 aromatic carbocycles. The average Bonchev–Trinajstić information content (AvgIpc) is 2.73. The van der Waals surface area contributed by atoms with Gasteiger partial charge in [-0.3, -0.25) is 9.59 Å². The fourth-order valence-electron chi connectivity index (χ4n) is 2.67. The van der Waals surface area contributed by atoms with Crippen LogP contribution >= 0.6 is 0 Å². The minimum Gasteiger partial charge on any atom is -0.480 e. The van der Waals surface area contributed by atoms with E-state index in [2.05, 4.69) is 15.4 Å². The lowest BCUT2D eigenvalue weighted by molar-refractivity contribution is -0.141. The van der Waals surface area contributed by atoms with Crippen molar-refractivity contribution in [2.24, 2.45) is 0 Å². The minimum absolute atomic E-state index is 0.0704. The summed E-state index contributed by atoms with van der Waals surface area (Å²) in [7, 11) is -3.70. The standard InChI is InChI=1S/C21H27N3O5S/c1-2-3-13-22-19(21(26)27)14-20(25)24-17-9-11-18(12-10-17)30(28,29)23-15-16-7-5-4-6-8-16/h4-12,19,22-23H,2-3,13-15H2,1H3,(H,24,25)(H,26,27). The molecule has 0 aliphatic carbocycles. The summed E-state index contributed by atoms with van der Waals surface area (Å²) >= 11 is 0. The van der Waals surface area contributed by atoms with Crippen LogP contribution in [0, 0.1) is 0 Å². The van der Waals surface area contributed by atoms with Gasteiger partial charge < -0.3 is 15.7 Å². The van der Waals surface area contributed by atoms with Crippen LogP contribution in [0.2, 0.25) is 0 Å². The SMILES string of the molecule is CCCCNC(CC(=O)Nc1ccc(S(=O)(=O)NCc2ccccc2)cc1)C(=O)O. The predicted octanol–water partition coefficient (Wildman–Crippen LogP) is 2.34. The highest BCUT2D eigenvalue weighted by Gasteiger charge is 2.20. The van der Waals surface area contributed by atoms with Gasteiger partial charge in [-0.1, -0.05) is 43.7 Å². The van der Waals surface area contributed by atoms with Crippen molar-refractivity contribution in [2.45, 2.75) is 43.7 Å². The van der Waals surface area contributed by atoms with Gasteiger partial charge in [-0.05, 0) is 42.8 Å². The van der Waals surface area contributed by atoms with Crippen LogP contribution in [0.1, 0.15) is 31.7 Å². The fraction of sp³-hybridized carbons (Fsp3) is 0.333. The van der Waals surface area contributed by atoms with E-state index in [4.69, 9.17) is 0 Å². The monoisotopic (exact) mass is 433 g/mol. The van der Waals surface area contributed by atoms with Gasteiger partial charge in [-0.2, -0.15) is 0 Å². The molecule has 0 saturated carbocycles. The second-order valence-electron chi connectivity index (χ2n) is 6.79. The molecule has 0 aliphatic heterocycles. The summed E-state index contributed by atoms with van der Waals surface area (Å²) in [6, 6.07) is 13.9. The number of unbranched alkanes of at least 4 members (excludes halogenated alkanes) is 1. The van der Waals surface area contributed by atoms with Crippen molar-refractivity contribution in [1.82, 2.24) is 10.0 Å². The van der Waals surface area contributed by atoms with E-state index in [1.165, 1.54) is 24.3 Å². The molecular formula is C21H27N3O5S. The Kier molecular flexibility index (Phi) is 8.97. The molecule has 0 aromatic heterocycles. The van der Waals surface area contributed by atoms with Crippen LogP contribution in [-0.4, -0.2) is 38.0 Å². The zero-order chi connectivity index (χ0) is 22.0. The quantitative estimate of drug-likeness (QED) is 0.381. The van der Waals surface area contributed by atoms with Crippen LogP contribution in [0.5, 0.6) is 0 Å². The number of anilines is 1. The number of carboxylic acids is 1. The van der Waals surface area contributed by atoms with Crippen molar-refractivity contribution >= 4 is 27.6 Å². The normalized spacial score (nSPS) is 12.3. The van der Waals surface area contributed by atoms with Gasteiger partial charge in [0.2, 0.25) is 15.9 Å². The Morgan fingerprint density at radius 2 is 1.70 bits per heavy atom. The van der Waals surface area contributed by atoms with Gasteiger partial charge in [0, 0.05) is 12.2 Å². The molecule has 30 heavy (non-hydrogen) atoms. The molecule has 2 aromatic rings. The predicted molar refractivity (Wildman–Crippen MR) is 114 cm³/mol. The molecule has 4 N–H and O–H groups in total. The summed E-state index contributed by atoms with van der Waals surface area (Å²) < 4.78 is 27.4. The first kappa shape index (κ1) is 23.5. The Morgan fingerprint density at radius 3 is 2.30 bits per heavy atom. The third kappa shape index (κ3) is 7.58. The van der Waals surface area contributed by atoms with Crippen molar-refractivity contribution < 1.29 is 23.1 Å². The molecule has 0 heterocycles. The number of aliphatic carboxylic acids is 1. The lowest BCUT2D eigenvalue weighted by Crippen LogP contribution is -2.40. The van der Waals surface area contributed by atoms with Crippen LogP contribution < -0.4 is 15.4 Å². The number of hydrogen-bond donors (Lipinski definition) is 4. The third-order valence-electron chi connectivity index (χ3n) is 4.37. The highest BCUT2D eigenvalue weighted by Crippen LogP contribution is 2.15. The molecule has 8 nitrogen and oxygen atoms in total. The molecule has 0 radical (unpaired) electrons. The first-order chi connectivity index (χ1) is 14.3. The Bertz CT molecular complexity index is 931. The molecule has 9 heteroatoms. The van der Waals surface area contributed by atoms with Crippen LogP contribution in [0.3, 0.4) is 0 Å². The first-order valence-electron chi connectivity index (χ1n) is 9.71. The highest BCUT2D eigenvalue weighted by molar-refractivity contribution is 7.89. The smallest absolute Gasteiger partial charge is 0.321 e. The maximum atomic E-state index is 12.4. The number of nitrogens with one attached hydrogen (secondary N) is 3. The maximum absolute atomic E-state index is 12.4. The number of carbonyl (C=O) groups excluding carboxylic acids is 1. The molecule has 2 rings (SSSR count). The molecular weight excluding hydrogens is 406 g/mol. The minimum atomic E-state index is -3.70. The Morgan fingerprint density at radius 1 is 1.03 bits per heavy atom. The largest absolute Gasteiger partial charge is 0.480 e. The Labute approximate surface area is 176 Å². The van der Waals surface area contributed by atoms with E-state index in [0.29, 0.717) is 12.2 Å². The zero-order valence-electron chi connectivity index (χ0n) is 16.8. The summed E-state index contributed by atoms with van der Waals surface area (Å²) in [5.74, 6) is -1.56. The molecule has 0 bridgehead atoms. The van der Waals surface area contributed by atoms with Crippen molar-refractivity contribution in [3.05, 3.63) is 60.2 Å². The van der Waals surface area contributed by atoms with Crippen molar-refractivity contribution in [2.75, 3.05) is 11.9 Å². The van der Waals surface area contributed by atoms with Crippen LogP contribution in [0.4, 0.5) is 5.69 Å². The summed E-state index contributed by atoms with van der Waals surface area (Å²) in [6.45, 7) is 2.68. The van der Waals surface area contributed by atoms with Crippen LogP contribution in [-0.2, 0) is 26.2 Å². The Hall–Kier alpha value is -2.75. The molecule has 0 aliphatic rings. The third-order valence-corrected chi connectivity index (χ3v) is 5.78. The number of carbonyl (C=O) groups is 2. The molecule has 1 atom stereocenters. The van der Waals surface area contributed by atoms with Crippen molar-refractivity contribution in [3.63, 3.8) is 0 Å². The van der Waals surface area contributed by atoms with E-state index in [1.54, 1.807) is 0 Å². The number of rotatable bonds is 12. The molecule has 0 spiro atoms. The van der Waals surface area contributed by atoms with Gasteiger partial charge in [0.25, 0.3) is 0 Å². The molecule has 0 saturated heterocycles. The number of benzene rings is 2. The lowest BCUT2D eigenvalue weighted by atomic mass is 10.2.